The highest BCUT2D eigenvalue weighted by atomic mass is 32.1. The van der Waals surface area contributed by atoms with Crippen LogP contribution in [0.1, 0.15) is 21.7 Å². The van der Waals surface area contributed by atoms with Gasteiger partial charge in [0, 0.05) is 0 Å². The molecule has 2 N–H and O–H groups in total. The van der Waals surface area contributed by atoms with Crippen LogP contribution in [-0.4, -0.2) is 36.6 Å². The second kappa shape index (κ2) is 7.15. The third-order valence-corrected chi connectivity index (χ3v) is 3.24. The fraction of sp³-hybridized carbons (Fsp3) is 0.455. The van der Waals surface area contributed by atoms with E-state index >= 15 is 0 Å². The van der Waals surface area contributed by atoms with E-state index in [0.717, 1.165) is 11.3 Å². The third-order valence-electron chi connectivity index (χ3n) is 2.15. The predicted molar refractivity (Wildman–Crippen MR) is 66.1 cm³/mol. The predicted octanol–water partition coefficient (Wildman–Crippen LogP) is 2.37. The molecule has 0 aliphatic heterocycles. The third kappa shape index (κ3) is 4.92. The van der Waals surface area contributed by atoms with Crippen LogP contribution in [0, 0.1) is 6.92 Å². The Hall–Kier alpha value is -1.54. The molecule has 0 atom stereocenters. The van der Waals surface area contributed by atoms with Crippen molar-refractivity contribution in [3.63, 3.8) is 0 Å². The van der Waals surface area contributed by atoms with Gasteiger partial charge in [0.25, 0.3) is 6.43 Å². The second-order valence-corrected chi connectivity index (χ2v) is 4.57. The Balaban J connectivity index is 2.48. The SMILES string of the molecule is Cc1csc(C(=O)O)c1NC(=O)CCOCC(F)F. The van der Waals surface area contributed by atoms with Crippen LogP contribution in [0.3, 0.4) is 0 Å². The van der Waals surface area contributed by atoms with Crippen LogP contribution in [0.2, 0.25) is 0 Å². The molecule has 0 fully saturated rings. The number of alkyl halides is 2. The van der Waals surface area contributed by atoms with Crippen LogP contribution in [0.4, 0.5) is 14.5 Å². The first-order valence-electron chi connectivity index (χ1n) is 5.39. The summed E-state index contributed by atoms with van der Waals surface area (Å²) in [6.07, 6.45) is -2.68. The highest BCUT2D eigenvalue weighted by Gasteiger charge is 2.17. The number of carbonyl (C=O) groups excluding carboxylic acids is 1. The van der Waals surface area contributed by atoms with Crippen LogP contribution in [-0.2, 0) is 9.53 Å². The first-order valence-corrected chi connectivity index (χ1v) is 6.27. The standard InChI is InChI=1S/C11H13F2NO4S/c1-6-5-19-10(11(16)17)9(6)14-8(15)2-3-18-4-7(12)13/h5,7H,2-4H2,1H3,(H,14,15)(H,16,17). The Kier molecular flexibility index (Phi) is 5.84. The molecule has 1 amide bonds. The molecule has 5 nitrogen and oxygen atoms in total. The van der Waals surface area contributed by atoms with E-state index in [1.54, 1.807) is 12.3 Å². The van der Waals surface area contributed by atoms with E-state index in [9.17, 15) is 18.4 Å². The van der Waals surface area contributed by atoms with Gasteiger partial charge in [0.2, 0.25) is 5.91 Å². The summed E-state index contributed by atoms with van der Waals surface area (Å²) >= 11 is 1.01. The van der Waals surface area contributed by atoms with E-state index in [1.807, 2.05) is 0 Å². The normalized spacial score (nSPS) is 10.7. The number of nitrogens with one attached hydrogen (secondary N) is 1. The number of aromatic carboxylic acids is 1. The van der Waals surface area contributed by atoms with Gasteiger partial charge in [-0.2, -0.15) is 0 Å². The molecule has 1 rings (SSSR count). The van der Waals surface area contributed by atoms with Crippen LogP contribution in [0.15, 0.2) is 5.38 Å². The molecule has 1 heterocycles. The summed E-state index contributed by atoms with van der Waals surface area (Å²) in [7, 11) is 0. The highest BCUT2D eigenvalue weighted by molar-refractivity contribution is 7.12. The molecular formula is C11H13F2NO4S. The van der Waals surface area contributed by atoms with Gasteiger partial charge in [0.15, 0.2) is 0 Å². The van der Waals surface area contributed by atoms with Crippen molar-refractivity contribution in [1.29, 1.82) is 0 Å². The summed E-state index contributed by atoms with van der Waals surface area (Å²) in [4.78, 5) is 22.5. The number of amides is 1. The molecule has 1 aromatic heterocycles. The van der Waals surface area contributed by atoms with Crippen molar-refractivity contribution in [3.8, 4) is 0 Å². The number of carbonyl (C=O) groups is 2. The Morgan fingerprint density at radius 1 is 1.53 bits per heavy atom. The molecule has 1 aromatic rings. The van der Waals surface area contributed by atoms with Gasteiger partial charge >= 0.3 is 5.97 Å². The molecule has 19 heavy (non-hydrogen) atoms. The van der Waals surface area contributed by atoms with E-state index in [0.29, 0.717) is 5.56 Å². The lowest BCUT2D eigenvalue weighted by molar-refractivity contribution is -0.117. The molecule has 0 saturated carbocycles. The zero-order valence-corrected chi connectivity index (χ0v) is 10.9. The maximum absolute atomic E-state index is 11.8. The van der Waals surface area contributed by atoms with Gasteiger partial charge in [0.1, 0.15) is 11.5 Å². The average molecular weight is 293 g/mol. The molecule has 106 valence electrons. The first kappa shape index (κ1) is 15.5. The molecule has 0 aliphatic carbocycles. The number of carboxylic acids is 1. The summed E-state index contributed by atoms with van der Waals surface area (Å²) in [5.41, 5.74) is 0.889. The number of anilines is 1. The molecule has 0 radical (unpaired) electrons. The summed E-state index contributed by atoms with van der Waals surface area (Å²) < 4.78 is 28.1. The van der Waals surface area contributed by atoms with E-state index in [2.05, 4.69) is 10.1 Å². The average Bonchev–Trinajstić information content (AvgIpc) is 2.66. The Morgan fingerprint density at radius 3 is 2.79 bits per heavy atom. The lowest BCUT2D eigenvalue weighted by Crippen LogP contribution is -2.17. The molecule has 0 aromatic carbocycles. The zero-order valence-electron chi connectivity index (χ0n) is 10.1. The number of hydrogen-bond acceptors (Lipinski definition) is 4. The summed E-state index contributed by atoms with van der Waals surface area (Å²) in [6.45, 7) is 0.818. The van der Waals surface area contributed by atoms with Crippen LogP contribution < -0.4 is 5.32 Å². The number of rotatable bonds is 7. The molecule has 0 unspecified atom stereocenters. The maximum Gasteiger partial charge on any atom is 0.348 e. The number of carboxylic acid groups (broad SMARTS) is 1. The van der Waals surface area contributed by atoms with Crippen LogP contribution in [0.5, 0.6) is 0 Å². The Morgan fingerprint density at radius 2 is 2.21 bits per heavy atom. The van der Waals surface area contributed by atoms with E-state index in [4.69, 9.17) is 5.11 Å². The molecule has 0 spiro atoms. The molecule has 0 aliphatic rings. The second-order valence-electron chi connectivity index (χ2n) is 3.69. The zero-order chi connectivity index (χ0) is 14.4. The molecule has 8 heteroatoms. The number of aryl methyl sites for hydroxylation is 1. The number of hydrogen-bond donors (Lipinski definition) is 2. The fourth-order valence-electron chi connectivity index (χ4n) is 1.30. The smallest absolute Gasteiger partial charge is 0.348 e. The van der Waals surface area contributed by atoms with E-state index < -0.39 is 24.9 Å². The van der Waals surface area contributed by atoms with Crippen molar-refractivity contribution in [3.05, 3.63) is 15.8 Å². The van der Waals surface area contributed by atoms with Crippen molar-refractivity contribution in [2.75, 3.05) is 18.5 Å². The summed E-state index contributed by atoms with van der Waals surface area (Å²) in [5, 5.41) is 13.0. The van der Waals surface area contributed by atoms with Gasteiger partial charge in [-0.05, 0) is 17.9 Å². The Bertz CT molecular complexity index is 462. The number of thiophene rings is 1. The quantitative estimate of drug-likeness (QED) is 0.757. The Labute approximate surface area is 112 Å². The van der Waals surface area contributed by atoms with Gasteiger partial charge in [0.05, 0.1) is 18.7 Å². The maximum atomic E-state index is 11.8. The number of ether oxygens (including phenoxy) is 1. The van der Waals surface area contributed by atoms with Gasteiger partial charge < -0.3 is 15.2 Å². The monoisotopic (exact) mass is 293 g/mol. The lowest BCUT2D eigenvalue weighted by atomic mass is 10.2. The van der Waals surface area contributed by atoms with E-state index in [-0.39, 0.29) is 23.6 Å². The molecule has 0 bridgehead atoms. The van der Waals surface area contributed by atoms with Gasteiger partial charge in [-0.3, -0.25) is 4.79 Å². The first-order chi connectivity index (χ1) is 8.91. The summed E-state index contributed by atoms with van der Waals surface area (Å²) in [6, 6.07) is 0. The summed E-state index contributed by atoms with van der Waals surface area (Å²) in [5.74, 6) is -1.60. The van der Waals surface area contributed by atoms with Crippen LogP contribution >= 0.6 is 11.3 Å². The van der Waals surface area contributed by atoms with Crippen molar-refractivity contribution in [2.24, 2.45) is 0 Å². The van der Waals surface area contributed by atoms with Gasteiger partial charge in [-0.25, -0.2) is 13.6 Å². The minimum absolute atomic E-state index is 0.0411. The minimum atomic E-state index is -2.57. The largest absolute Gasteiger partial charge is 0.477 e. The van der Waals surface area contributed by atoms with Crippen LogP contribution in [0.25, 0.3) is 0 Å². The lowest BCUT2D eigenvalue weighted by Gasteiger charge is -2.07. The van der Waals surface area contributed by atoms with Crippen molar-refractivity contribution >= 4 is 28.9 Å². The molecular weight excluding hydrogens is 280 g/mol. The van der Waals surface area contributed by atoms with Gasteiger partial charge in [-0.15, -0.1) is 11.3 Å². The van der Waals surface area contributed by atoms with Crippen molar-refractivity contribution < 1.29 is 28.2 Å². The number of halogens is 2. The van der Waals surface area contributed by atoms with Crippen molar-refractivity contribution in [2.45, 2.75) is 19.8 Å². The van der Waals surface area contributed by atoms with Gasteiger partial charge in [-0.1, -0.05) is 0 Å². The molecule has 0 saturated heterocycles. The topological polar surface area (TPSA) is 75.6 Å². The van der Waals surface area contributed by atoms with Crippen molar-refractivity contribution in [1.82, 2.24) is 0 Å². The fourth-order valence-corrected chi connectivity index (χ4v) is 2.14. The van der Waals surface area contributed by atoms with E-state index in [1.165, 1.54) is 0 Å². The highest BCUT2D eigenvalue weighted by Crippen LogP contribution is 2.27. The minimum Gasteiger partial charge on any atom is -0.477 e.